The molecule has 9 heteroatoms. The number of nitrogens with zero attached hydrogens (tertiary/aromatic N) is 2. The third kappa shape index (κ3) is 5.05. The van der Waals surface area contributed by atoms with Crippen LogP contribution in [0.15, 0.2) is 42.5 Å². The minimum atomic E-state index is -0.748. The molecule has 0 spiro atoms. The number of amides is 3. The fourth-order valence-corrected chi connectivity index (χ4v) is 3.08. The maximum Gasteiger partial charge on any atom is 0.312 e. The van der Waals surface area contributed by atoms with Crippen LogP contribution in [0.5, 0.6) is 11.5 Å². The number of carbonyl (C=O) groups excluding carboxylic acids is 3. The van der Waals surface area contributed by atoms with E-state index in [1.54, 1.807) is 30.3 Å². The summed E-state index contributed by atoms with van der Waals surface area (Å²) < 4.78 is 23.3. The quantitative estimate of drug-likeness (QED) is 0.695. The monoisotopic (exact) mass is 415 g/mol. The highest BCUT2D eigenvalue weighted by Gasteiger charge is 2.33. The average Bonchev–Trinajstić information content (AvgIpc) is 2.74. The molecular weight excluding hydrogens is 393 g/mol. The SMILES string of the molecule is COc1cc(NC(=O)CN2CCN(Cc3ccc(F)cc3)C(=O)C2=O)cc(OC)c1. The third-order valence-corrected chi connectivity index (χ3v) is 4.65. The normalized spacial score (nSPS) is 14.0. The summed E-state index contributed by atoms with van der Waals surface area (Å²) in [5, 5.41) is 2.68. The highest BCUT2D eigenvalue weighted by molar-refractivity contribution is 6.35. The van der Waals surface area contributed by atoms with E-state index in [0.717, 1.165) is 5.56 Å². The summed E-state index contributed by atoms with van der Waals surface area (Å²) in [6.07, 6.45) is 0. The molecule has 8 nitrogen and oxygen atoms in total. The fraction of sp³-hybridized carbons (Fsp3) is 0.286. The van der Waals surface area contributed by atoms with Crippen LogP contribution in [-0.2, 0) is 20.9 Å². The Morgan fingerprint density at radius 2 is 1.53 bits per heavy atom. The van der Waals surface area contributed by atoms with Gasteiger partial charge in [-0.25, -0.2) is 4.39 Å². The number of piperazine rings is 1. The lowest BCUT2D eigenvalue weighted by molar-refractivity contribution is -0.157. The van der Waals surface area contributed by atoms with E-state index in [0.29, 0.717) is 17.2 Å². The first kappa shape index (κ1) is 21.1. The van der Waals surface area contributed by atoms with E-state index < -0.39 is 17.7 Å². The van der Waals surface area contributed by atoms with Gasteiger partial charge in [-0.15, -0.1) is 0 Å². The summed E-state index contributed by atoms with van der Waals surface area (Å²) in [5.41, 5.74) is 1.17. The Balaban J connectivity index is 1.59. The van der Waals surface area contributed by atoms with E-state index in [1.165, 1.54) is 36.2 Å². The second kappa shape index (κ2) is 9.25. The first-order valence-electron chi connectivity index (χ1n) is 9.25. The Hall–Kier alpha value is -3.62. The van der Waals surface area contributed by atoms with Gasteiger partial charge in [0.2, 0.25) is 5.91 Å². The molecule has 1 fully saturated rings. The Kier molecular flexibility index (Phi) is 6.51. The van der Waals surface area contributed by atoms with Gasteiger partial charge in [-0.3, -0.25) is 14.4 Å². The number of methoxy groups -OCH3 is 2. The third-order valence-electron chi connectivity index (χ3n) is 4.65. The molecular formula is C21H22FN3O5. The van der Waals surface area contributed by atoms with Crippen LogP contribution in [0.1, 0.15) is 5.56 Å². The van der Waals surface area contributed by atoms with Crippen molar-refractivity contribution in [2.45, 2.75) is 6.54 Å². The lowest BCUT2D eigenvalue weighted by Gasteiger charge is -2.33. The summed E-state index contributed by atoms with van der Waals surface area (Å²) in [4.78, 5) is 39.8. The van der Waals surface area contributed by atoms with E-state index in [1.807, 2.05) is 0 Å². The van der Waals surface area contributed by atoms with Gasteiger partial charge in [0.1, 0.15) is 23.9 Å². The number of anilines is 1. The molecule has 30 heavy (non-hydrogen) atoms. The van der Waals surface area contributed by atoms with E-state index >= 15 is 0 Å². The first-order valence-corrected chi connectivity index (χ1v) is 9.25. The summed E-state index contributed by atoms with van der Waals surface area (Å²) >= 11 is 0. The van der Waals surface area contributed by atoms with Gasteiger partial charge in [0, 0.05) is 43.5 Å². The minimum absolute atomic E-state index is 0.203. The standard InChI is InChI=1S/C21H22FN3O5/c1-29-17-9-16(10-18(11-17)30-2)23-19(26)13-25-8-7-24(20(27)21(25)28)12-14-3-5-15(22)6-4-14/h3-6,9-11H,7-8,12-13H2,1-2H3,(H,23,26). The molecule has 0 radical (unpaired) electrons. The number of hydrogen-bond acceptors (Lipinski definition) is 5. The Bertz CT molecular complexity index is 926. The molecule has 1 saturated heterocycles. The van der Waals surface area contributed by atoms with Gasteiger partial charge in [0.25, 0.3) is 0 Å². The minimum Gasteiger partial charge on any atom is -0.497 e. The van der Waals surface area contributed by atoms with E-state index in [-0.39, 0.29) is 32.0 Å². The molecule has 0 unspecified atom stereocenters. The maximum absolute atomic E-state index is 13.0. The zero-order valence-corrected chi connectivity index (χ0v) is 16.7. The Labute approximate surface area is 173 Å². The van der Waals surface area contributed by atoms with Gasteiger partial charge in [-0.1, -0.05) is 12.1 Å². The van der Waals surface area contributed by atoms with Gasteiger partial charge >= 0.3 is 11.8 Å². The maximum atomic E-state index is 13.0. The van der Waals surface area contributed by atoms with Gasteiger partial charge in [0.15, 0.2) is 0 Å². The van der Waals surface area contributed by atoms with E-state index in [9.17, 15) is 18.8 Å². The molecule has 1 N–H and O–H groups in total. The number of ether oxygens (including phenoxy) is 2. The van der Waals surface area contributed by atoms with Crippen molar-refractivity contribution in [1.29, 1.82) is 0 Å². The predicted molar refractivity (Wildman–Crippen MR) is 107 cm³/mol. The lowest BCUT2D eigenvalue weighted by Crippen LogP contribution is -2.55. The van der Waals surface area contributed by atoms with Crippen LogP contribution in [0.3, 0.4) is 0 Å². The van der Waals surface area contributed by atoms with Crippen molar-refractivity contribution in [3.8, 4) is 11.5 Å². The second-order valence-electron chi connectivity index (χ2n) is 6.73. The lowest BCUT2D eigenvalue weighted by atomic mass is 10.2. The smallest absolute Gasteiger partial charge is 0.312 e. The topological polar surface area (TPSA) is 88.2 Å². The van der Waals surface area contributed by atoms with Crippen LogP contribution >= 0.6 is 0 Å². The molecule has 2 aromatic rings. The molecule has 158 valence electrons. The number of hydrogen-bond donors (Lipinski definition) is 1. The Morgan fingerprint density at radius 3 is 2.13 bits per heavy atom. The fourth-order valence-electron chi connectivity index (χ4n) is 3.08. The van der Waals surface area contributed by atoms with Crippen LogP contribution in [0.2, 0.25) is 0 Å². The van der Waals surface area contributed by atoms with E-state index in [2.05, 4.69) is 5.32 Å². The zero-order chi connectivity index (χ0) is 21.7. The molecule has 3 rings (SSSR count). The highest BCUT2D eigenvalue weighted by Crippen LogP contribution is 2.25. The molecule has 0 aromatic heterocycles. The van der Waals surface area contributed by atoms with Crippen molar-refractivity contribution in [3.05, 3.63) is 53.8 Å². The predicted octanol–water partition coefficient (Wildman–Crippen LogP) is 1.65. The molecule has 1 aliphatic rings. The molecule has 0 aliphatic carbocycles. The van der Waals surface area contributed by atoms with Crippen LogP contribution < -0.4 is 14.8 Å². The molecule has 0 atom stereocenters. The van der Waals surface area contributed by atoms with Crippen molar-refractivity contribution in [3.63, 3.8) is 0 Å². The van der Waals surface area contributed by atoms with Crippen molar-refractivity contribution >= 4 is 23.4 Å². The highest BCUT2D eigenvalue weighted by atomic mass is 19.1. The van der Waals surface area contributed by atoms with Gasteiger partial charge < -0.3 is 24.6 Å². The molecule has 2 aromatic carbocycles. The molecule has 1 aliphatic heterocycles. The van der Waals surface area contributed by atoms with E-state index in [4.69, 9.17) is 9.47 Å². The van der Waals surface area contributed by atoms with Crippen molar-refractivity contribution in [1.82, 2.24) is 9.80 Å². The summed E-state index contributed by atoms with van der Waals surface area (Å²) in [6.45, 7) is 0.450. The number of nitrogens with one attached hydrogen (secondary N) is 1. The molecule has 0 bridgehead atoms. The van der Waals surface area contributed by atoms with Crippen LogP contribution in [0, 0.1) is 5.82 Å². The first-order chi connectivity index (χ1) is 14.4. The number of benzene rings is 2. The zero-order valence-electron chi connectivity index (χ0n) is 16.7. The van der Waals surface area contributed by atoms with Crippen LogP contribution in [0.25, 0.3) is 0 Å². The Morgan fingerprint density at radius 1 is 0.967 bits per heavy atom. The van der Waals surface area contributed by atoms with Crippen molar-refractivity contribution in [2.75, 3.05) is 39.2 Å². The van der Waals surface area contributed by atoms with Crippen LogP contribution in [0.4, 0.5) is 10.1 Å². The largest absolute Gasteiger partial charge is 0.497 e. The van der Waals surface area contributed by atoms with Gasteiger partial charge in [-0.05, 0) is 17.7 Å². The number of halogens is 1. The second-order valence-corrected chi connectivity index (χ2v) is 6.73. The average molecular weight is 415 g/mol. The molecule has 3 amide bonds. The number of carbonyl (C=O) groups is 3. The van der Waals surface area contributed by atoms with Gasteiger partial charge in [0.05, 0.1) is 14.2 Å². The summed E-state index contributed by atoms with van der Waals surface area (Å²) in [6, 6.07) is 10.6. The molecule has 0 saturated carbocycles. The van der Waals surface area contributed by atoms with Gasteiger partial charge in [-0.2, -0.15) is 0 Å². The van der Waals surface area contributed by atoms with Crippen molar-refractivity contribution < 1.29 is 28.2 Å². The molecule has 1 heterocycles. The summed E-state index contributed by atoms with van der Waals surface area (Å²) in [5.74, 6) is -1.25. The summed E-state index contributed by atoms with van der Waals surface area (Å²) in [7, 11) is 2.99. The van der Waals surface area contributed by atoms with Crippen LogP contribution in [-0.4, -0.2) is 61.4 Å². The number of rotatable bonds is 7. The van der Waals surface area contributed by atoms with Crippen molar-refractivity contribution in [2.24, 2.45) is 0 Å².